The summed E-state index contributed by atoms with van der Waals surface area (Å²) in [6.45, 7) is 38.4. The number of aryl methyl sites for hydroxylation is 4. The minimum Gasteiger partial charge on any atom is -1.00 e. The summed E-state index contributed by atoms with van der Waals surface area (Å²) in [4.78, 5) is 52.2. The van der Waals surface area contributed by atoms with Crippen molar-refractivity contribution in [2.75, 3.05) is 53.2 Å². The smallest absolute Gasteiger partial charge is 1.00 e. The number of hydrogen-bond acceptors (Lipinski definition) is 11. The summed E-state index contributed by atoms with van der Waals surface area (Å²) in [5, 5.41) is 19.0. The first-order valence-corrected chi connectivity index (χ1v) is 51.2. The molecular weight excluding hydrogens is 1780 g/mol. The number of carbonyl (C=O) groups excluding carboxylic acids is 4. The molecule has 6 aliphatic rings. The third kappa shape index (κ3) is 35.1. The Morgan fingerprint density at radius 1 is 0.413 bits per heavy atom. The molecule has 15 rings (SSSR count). The topological polar surface area (TPSA) is 256 Å². The first kappa shape index (κ1) is 120. The molecule has 0 radical (unpaired) electrons. The standard InChI is InChI=1S/C28H31NO2.C28H32P.2C20H29N.C18H17NO3.C4H9.C2H6O.CH4O.BrH.Li.H2N2.H2O.H2/c1-20-9-7-17-28(2,3)25(20)16-15-22-11-6-10-21(19-22)12-8-18-29-26(30)23-13-4-5-14-24(23)27(29)31;1-23-14-13-21-28(2,3)27(23)22-29(24-15-7-4-8-16-24,25-17-9-5-10-18-25)26-19-11-6-12-20-26;2*1-16-7-5-13-20(2,3)19(16)12-11-18-9-4-8-17(15-18)10-6-14-21;1-22-14-8-4-6-13(12-14)7-5-11-19-17(20)15-9-2-3-10-16(15)18(19)21;1-3-4-2;1-2-3;1-2;;;1-2;;/h4-6,10-11,13-16,19H,7-9,12,17-18H2,1-3H3;4-12,15-20H,13-14,21-22H2,1-3H3;2*4,8-9,11-12,15H,5-7,10,13-14,21H2,1-3H3;2-4,6,8-10,12H,5,7,11H2,1H3;1,3-4H2,2H3;3H,2H2,1H3;2H,1H3;1H;;1-2H;1H2;1H/q;+1;;;;-1;;;;+1;;;/p-1/b16-15+;;2*12-11+;;;;;;;;;. The van der Waals surface area contributed by atoms with E-state index in [2.05, 4.69) is 297 Å². The normalized spacial score (nSPS) is 15.8. The number of aliphatic hydroxyl groups is 2. The number of carbonyl (C=O) groups is 4. The van der Waals surface area contributed by atoms with Crippen molar-refractivity contribution in [2.45, 2.75) is 238 Å². The third-order valence-corrected chi connectivity index (χ3v) is 31.1. The van der Waals surface area contributed by atoms with Crippen LogP contribution in [0.2, 0.25) is 0 Å². The van der Waals surface area contributed by atoms with Gasteiger partial charge >= 0.3 is 18.9 Å². The second-order valence-corrected chi connectivity index (χ2v) is 42.1. The zero-order valence-corrected chi connectivity index (χ0v) is 88.8. The number of hydrogen-bond donors (Lipinski definition) is 6. The van der Waals surface area contributed by atoms with Crippen LogP contribution >= 0.6 is 7.26 Å². The van der Waals surface area contributed by atoms with Crippen molar-refractivity contribution in [3.63, 3.8) is 0 Å². The van der Waals surface area contributed by atoms with Gasteiger partial charge < -0.3 is 55.8 Å². The van der Waals surface area contributed by atoms with E-state index in [-0.39, 0.29) is 83.8 Å². The average molecular weight is 1950 g/mol. The van der Waals surface area contributed by atoms with Crippen molar-refractivity contribution in [3.05, 3.63) is 368 Å². The summed E-state index contributed by atoms with van der Waals surface area (Å²) in [6, 6.07) is 81.9. The van der Waals surface area contributed by atoms with Gasteiger partial charge in [-0.2, -0.15) is 6.42 Å². The van der Waals surface area contributed by atoms with E-state index in [9.17, 15) is 19.2 Å². The van der Waals surface area contributed by atoms with E-state index >= 15 is 0 Å². The van der Waals surface area contributed by atoms with Gasteiger partial charge in [0.1, 0.15) is 28.9 Å². The van der Waals surface area contributed by atoms with Crippen molar-refractivity contribution in [3.8, 4) is 5.75 Å². The Labute approximate surface area is 854 Å². The minimum atomic E-state index is -1.80. The fraction of sp³-hybridized carbons (Fsp3) is 0.397. The zero-order valence-electron chi connectivity index (χ0n) is 86.3. The maximum Gasteiger partial charge on any atom is 1.00 e. The largest absolute Gasteiger partial charge is 1.00 e. The molecule has 0 bridgehead atoms. The molecule has 9 aromatic rings. The van der Waals surface area contributed by atoms with Gasteiger partial charge in [-0.3, -0.25) is 29.0 Å². The molecule has 4 amide bonds. The van der Waals surface area contributed by atoms with Crippen LogP contribution in [-0.4, -0.2) is 102 Å². The number of unbranched alkanes of at least 4 members (excludes halogenated alkanes) is 1. The van der Waals surface area contributed by atoms with Gasteiger partial charge in [0.05, 0.1) is 35.5 Å². The van der Waals surface area contributed by atoms with Crippen molar-refractivity contribution >= 4 is 65.0 Å². The van der Waals surface area contributed by atoms with Crippen molar-refractivity contribution in [2.24, 2.45) is 33.1 Å². The fourth-order valence-electron chi connectivity index (χ4n) is 19.4. The summed E-state index contributed by atoms with van der Waals surface area (Å²) in [5.74, 6) is 0.0998. The second-order valence-electron chi connectivity index (χ2n) is 38.6. The first-order chi connectivity index (χ1) is 65.0. The molecule has 10 N–H and O–H groups in total. The van der Waals surface area contributed by atoms with Crippen molar-refractivity contribution in [1.29, 1.82) is 11.1 Å². The number of aliphatic hydroxyl groups excluding tert-OH is 2. The molecule has 17 heteroatoms. The number of allylic oxidation sites excluding steroid dienone is 11. The summed E-state index contributed by atoms with van der Waals surface area (Å²) in [7, 11) is 0.840. The Kier molecular flexibility index (Phi) is 53.8. The van der Waals surface area contributed by atoms with Gasteiger partial charge in [0.2, 0.25) is 0 Å². The fourth-order valence-corrected chi connectivity index (χ4v) is 24.0. The van der Waals surface area contributed by atoms with E-state index < -0.39 is 7.26 Å². The number of nitrogens with zero attached hydrogens (tertiary/aromatic N) is 2. The number of nitrogens with two attached hydrogens (primary N) is 2. The van der Waals surface area contributed by atoms with Gasteiger partial charge in [-0.1, -0.05) is 291 Å². The molecule has 0 atom stereocenters. The Morgan fingerprint density at radius 3 is 0.957 bits per heavy atom. The molecule has 2 heterocycles. The van der Waals surface area contributed by atoms with Crippen LogP contribution in [-0.2, 0) is 25.7 Å². The third-order valence-electron chi connectivity index (χ3n) is 26.8. The monoisotopic (exact) mass is 1950 g/mol. The summed E-state index contributed by atoms with van der Waals surface area (Å²) < 4.78 is 5.19. The van der Waals surface area contributed by atoms with Crippen molar-refractivity contribution < 1.29 is 76.9 Å². The number of nitrogens with one attached hydrogen (secondary N) is 2. The van der Waals surface area contributed by atoms with Crippen LogP contribution in [0.5, 0.6) is 5.75 Å². The van der Waals surface area contributed by atoms with E-state index in [0.717, 1.165) is 95.5 Å². The van der Waals surface area contributed by atoms with Crippen LogP contribution in [0, 0.1) is 39.6 Å². The average Bonchev–Trinajstić information content (AvgIpc) is 1.42. The van der Waals surface area contributed by atoms with E-state index in [1.165, 1.54) is 165 Å². The molecule has 0 spiro atoms. The SMILES string of the molecule is CC1=C(/C=C/c2cccc(CCCN)c2)C(C)(C)CCC1.CC1=C(/C=C/c2cccc(CCCN)c2)C(C)(C)CCC1.CC1=C(/C=C/c2cccc(CCCN3C(=O)c4ccccc4C3=O)c2)C(C)(C)CCC1.CC1=C(C[P+](c2ccccc2)(c2ccccc2)c2ccccc2)C(C)(C)CCC1.CCO.CO.COc1cccc(CCCN2C(=O)c3ccccc3C2=O)c1.N=N.O.[Br-].[CH2-]CCC.[HH].[Li+]. The minimum absolute atomic E-state index is 0. The molecule has 4 aliphatic carbocycles. The van der Waals surface area contributed by atoms with Crippen molar-refractivity contribution in [1.82, 2.24) is 9.80 Å². The predicted molar refractivity (Wildman–Crippen MR) is 578 cm³/mol. The molecule has 0 fully saturated rings. The maximum atomic E-state index is 12.5. The first-order valence-electron chi connectivity index (χ1n) is 49.2. The number of fused-ring (bicyclic) bond motifs is 2. The zero-order chi connectivity index (χ0) is 98.6. The number of methoxy groups -OCH3 is 1. The number of benzene rings is 9. The van der Waals surface area contributed by atoms with Gasteiger partial charge in [0, 0.05) is 28.2 Å². The Bertz CT molecular complexity index is 5220. The van der Waals surface area contributed by atoms with Crippen LogP contribution in [0.3, 0.4) is 0 Å². The van der Waals surface area contributed by atoms with Crippen LogP contribution in [0.4, 0.5) is 0 Å². The van der Waals surface area contributed by atoms with Crippen LogP contribution in [0.15, 0.2) is 299 Å². The molecule has 0 unspecified atom stereocenters. The molecule has 0 saturated carbocycles. The molecule has 9 aromatic carbocycles. The van der Waals surface area contributed by atoms with Crippen LogP contribution in [0.1, 0.15) is 294 Å². The molecule has 0 aromatic heterocycles. The molecule has 2 aliphatic heterocycles. The molecule has 14 nitrogen and oxygen atoms in total. The Hall–Kier alpha value is -9.85. The number of halogens is 1. The molecular formula is C121H163BrLiN6O8P. The Balaban J connectivity index is 0.000000435. The predicted octanol–water partition coefficient (Wildman–Crippen LogP) is 21.4. The quantitative estimate of drug-likeness (QED) is 0.00714. The molecule has 738 valence electrons. The van der Waals surface area contributed by atoms with Gasteiger partial charge in [-0.25, -0.2) is 11.1 Å². The van der Waals surface area contributed by atoms with Gasteiger partial charge in [0.15, 0.2) is 0 Å². The molecule has 138 heavy (non-hydrogen) atoms. The van der Waals surface area contributed by atoms with Gasteiger partial charge in [0.25, 0.3) is 23.6 Å². The van der Waals surface area contributed by atoms with E-state index in [0.29, 0.717) is 46.2 Å². The van der Waals surface area contributed by atoms with E-state index in [4.69, 9.17) is 37.5 Å². The Morgan fingerprint density at radius 2 is 0.681 bits per heavy atom. The second kappa shape index (κ2) is 61.7. The summed E-state index contributed by atoms with van der Waals surface area (Å²) >= 11 is 0. The number of imide groups is 2. The van der Waals surface area contributed by atoms with Gasteiger partial charge in [-0.15, -0.1) is 0 Å². The molecule has 0 saturated heterocycles. The number of amides is 4. The maximum absolute atomic E-state index is 12.5. The van der Waals surface area contributed by atoms with E-state index in [1.54, 1.807) is 84.9 Å². The van der Waals surface area contributed by atoms with Crippen LogP contribution < -0.4 is 68.0 Å². The summed E-state index contributed by atoms with van der Waals surface area (Å²) in [6.07, 6.45) is 39.9. The van der Waals surface area contributed by atoms with Gasteiger partial charge in [-0.05, 0) is 332 Å². The number of rotatable bonds is 27. The summed E-state index contributed by atoms with van der Waals surface area (Å²) in [5.41, 5.74) is 45.8. The van der Waals surface area contributed by atoms with Crippen LogP contribution in [0.25, 0.3) is 18.2 Å². The van der Waals surface area contributed by atoms with E-state index in [1.807, 2.05) is 24.3 Å². The number of ether oxygens (including phenoxy) is 1.